The Morgan fingerprint density at radius 3 is 2.95 bits per heavy atom. The van der Waals surface area contributed by atoms with E-state index in [-0.39, 0.29) is 12.4 Å². The Morgan fingerprint density at radius 2 is 2.29 bits per heavy atom. The van der Waals surface area contributed by atoms with Gasteiger partial charge in [-0.1, -0.05) is 17.7 Å². The summed E-state index contributed by atoms with van der Waals surface area (Å²) in [6.45, 7) is 0.105. The lowest BCUT2D eigenvalue weighted by Crippen LogP contribution is -2.08. The quantitative estimate of drug-likeness (QED) is 0.793. The number of hydrogen-bond acceptors (Lipinski definition) is 5. The average molecular weight is 306 g/mol. The highest BCUT2D eigenvalue weighted by Gasteiger charge is 2.09. The number of carbonyl (C=O) groups is 1. The van der Waals surface area contributed by atoms with Crippen LogP contribution in [0.5, 0.6) is 5.75 Å². The summed E-state index contributed by atoms with van der Waals surface area (Å²) in [6, 6.07) is 8.73. The zero-order valence-electron chi connectivity index (χ0n) is 11.2. The molecule has 0 amide bonds. The first-order valence-corrected chi connectivity index (χ1v) is 6.42. The molecular formula is C14H12ClN3O3. The van der Waals surface area contributed by atoms with Gasteiger partial charge in [-0.15, -0.1) is 0 Å². The summed E-state index contributed by atoms with van der Waals surface area (Å²) in [5.74, 6) is -0.0267. The number of methoxy groups -OCH3 is 1. The molecule has 21 heavy (non-hydrogen) atoms. The van der Waals surface area contributed by atoms with E-state index in [1.807, 2.05) is 0 Å². The second kappa shape index (κ2) is 6.77. The normalized spacial score (nSPS) is 9.95. The van der Waals surface area contributed by atoms with E-state index in [1.165, 1.54) is 17.9 Å². The second-order valence-corrected chi connectivity index (χ2v) is 4.51. The largest absolute Gasteiger partial charge is 0.470 e. The lowest BCUT2D eigenvalue weighted by Gasteiger charge is -2.08. The van der Waals surface area contributed by atoms with Gasteiger partial charge in [-0.2, -0.15) is 10.4 Å². The van der Waals surface area contributed by atoms with Gasteiger partial charge in [-0.05, 0) is 23.8 Å². The Morgan fingerprint density at radius 1 is 1.48 bits per heavy atom. The van der Waals surface area contributed by atoms with Crippen molar-refractivity contribution < 1.29 is 14.3 Å². The molecule has 2 aromatic rings. The summed E-state index contributed by atoms with van der Waals surface area (Å²) < 4.78 is 11.5. The molecule has 2 rings (SSSR count). The van der Waals surface area contributed by atoms with Crippen LogP contribution in [0.2, 0.25) is 5.02 Å². The van der Waals surface area contributed by atoms with Gasteiger partial charge in [0.05, 0.1) is 24.6 Å². The van der Waals surface area contributed by atoms with Crippen LogP contribution in [-0.4, -0.2) is 22.9 Å². The van der Waals surface area contributed by atoms with Gasteiger partial charge in [0.25, 0.3) is 0 Å². The van der Waals surface area contributed by atoms with Crippen molar-refractivity contribution in [2.45, 2.75) is 13.2 Å². The summed E-state index contributed by atoms with van der Waals surface area (Å²) >= 11 is 6.07. The van der Waals surface area contributed by atoms with Crippen LogP contribution < -0.4 is 4.74 Å². The van der Waals surface area contributed by atoms with Crippen LogP contribution in [-0.2, 0) is 17.9 Å². The number of carbonyl (C=O) groups excluding carboxylic acids is 1. The van der Waals surface area contributed by atoms with Crippen LogP contribution in [0.4, 0.5) is 0 Å². The first kappa shape index (κ1) is 14.9. The van der Waals surface area contributed by atoms with Crippen molar-refractivity contribution in [3.63, 3.8) is 0 Å². The van der Waals surface area contributed by atoms with Gasteiger partial charge in [-0.3, -0.25) is 0 Å². The van der Waals surface area contributed by atoms with Crippen molar-refractivity contribution in [3.05, 3.63) is 46.7 Å². The number of benzene rings is 1. The van der Waals surface area contributed by atoms with Crippen molar-refractivity contribution in [2.75, 3.05) is 7.11 Å². The molecule has 0 unspecified atom stereocenters. The molecule has 1 aromatic carbocycles. The van der Waals surface area contributed by atoms with Gasteiger partial charge in [0.15, 0.2) is 12.4 Å². The van der Waals surface area contributed by atoms with Gasteiger partial charge in [0, 0.05) is 6.20 Å². The molecule has 0 atom stereocenters. The van der Waals surface area contributed by atoms with Crippen molar-refractivity contribution in [1.29, 1.82) is 5.26 Å². The molecule has 6 nitrogen and oxygen atoms in total. The van der Waals surface area contributed by atoms with E-state index in [9.17, 15) is 4.79 Å². The smallest absolute Gasteiger partial charge is 0.358 e. The van der Waals surface area contributed by atoms with Gasteiger partial charge in [0.1, 0.15) is 5.75 Å². The van der Waals surface area contributed by atoms with E-state index < -0.39 is 5.97 Å². The van der Waals surface area contributed by atoms with E-state index in [0.29, 0.717) is 17.2 Å². The minimum Gasteiger partial charge on any atom is -0.470 e. The zero-order chi connectivity index (χ0) is 15.2. The van der Waals surface area contributed by atoms with Gasteiger partial charge in [0.2, 0.25) is 0 Å². The Hall–Kier alpha value is -2.52. The maximum absolute atomic E-state index is 11.3. The average Bonchev–Trinajstić information content (AvgIpc) is 2.95. The fourth-order valence-electron chi connectivity index (χ4n) is 1.65. The summed E-state index contributed by atoms with van der Waals surface area (Å²) in [4.78, 5) is 11.3. The Bertz CT molecular complexity index is 691. The second-order valence-electron chi connectivity index (χ2n) is 4.11. The maximum Gasteiger partial charge on any atom is 0.358 e. The van der Waals surface area contributed by atoms with Crippen molar-refractivity contribution in [2.24, 2.45) is 0 Å². The number of halogens is 1. The molecule has 0 aliphatic rings. The minimum absolute atomic E-state index is 0.105. The van der Waals surface area contributed by atoms with E-state index in [2.05, 4.69) is 15.9 Å². The van der Waals surface area contributed by atoms with Crippen LogP contribution in [0.15, 0.2) is 30.5 Å². The lowest BCUT2D eigenvalue weighted by molar-refractivity contribution is 0.0592. The van der Waals surface area contributed by atoms with Gasteiger partial charge >= 0.3 is 5.97 Å². The first-order chi connectivity index (χ1) is 10.1. The van der Waals surface area contributed by atoms with Gasteiger partial charge in [-0.25, -0.2) is 9.48 Å². The summed E-state index contributed by atoms with van der Waals surface area (Å²) in [6.07, 6.45) is 1.89. The molecule has 7 heteroatoms. The maximum atomic E-state index is 11.3. The third-order valence-corrected chi connectivity index (χ3v) is 2.96. The molecular weight excluding hydrogens is 294 g/mol. The number of ether oxygens (including phenoxy) is 2. The molecule has 0 aliphatic heterocycles. The fourth-order valence-corrected chi connectivity index (χ4v) is 1.90. The molecule has 0 bridgehead atoms. The molecule has 0 N–H and O–H groups in total. The van der Waals surface area contributed by atoms with E-state index in [0.717, 1.165) is 5.56 Å². The van der Waals surface area contributed by atoms with Crippen LogP contribution in [0.3, 0.4) is 0 Å². The molecule has 0 saturated carbocycles. The Labute approximate surface area is 126 Å². The van der Waals surface area contributed by atoms with E-state index in [4.69, 9.17) is 21.6 Å². The van der Waals surface area contributed by atoms with Crippen LogP contribution in [0.1, 0.15) is 16.1 Å². The minimum atomic E-state index is -0.507. The van der Waals surface area contributed by atoms with Crippen molar-refractivity contribution >= 4 is 17.6 Å². The third-order valence-electron chi connectivity index (χ3n) is 2.67. The molecule has 1 aromatic heterocycles. The van der Waals surface area contributed by atoms with Crippen LogP contribution >= 0.6 is 11.6 Å². The molecule has 0 fully saturated rings. The number of nitriles is 1. The Balaban J connectivity index is 2.01. The molecule has 0 aliphatic carbocycles. The monoisotopic (exact) mass is 305 g/mol. The van der Waals surface area contributed by atoms with Gasteiger partial charge < -0.3 is 9.47 Å². The number of rotatable bonds is 5. The first-order valence-electron chi connectivity index (χ1n) is 6.04. The van der Waals surface area contributed by atoms with Crippen LogP contribution in [0, 0.1) is 11.3 Å². The summed E-state index contributed by atoms with van der Waals surface area (Å²) in [5, 5.41) is 13.0. The number of nitrogens with zero attached hydrogens (tertiary/aromatic N) is 3. The molecule has 108 valence electrons. The lowest BCUT2D eigenvalue weighted by atomic mass is 10.2. The van der Waals surface area contributed by atoms with E-state index in [1.54, 1.807) is 24.4 Å². The molecule has 0 spiro atoms. The highest BCUT2D eigenvalue weighted by molar-refractivity contribution is 6.32. The summed E-state index contributed by atoms with van der Waals surface area (Å²) in [5.41, 5.74) is 1.03. The highest BCUT2D eigenvalue weighted by Crippen LogP contribution is 2.25. The predicted molar refractivity (Wildman–Crippen MR) is 75.0 cm³/mol. The topological polar surface area (TPSA) is 77.1 Å². The molecule has 0 radical (unpaired) electrons. The highest BCUT2D eigenvalue weighted by atomic mass is 35.5. The Kier molecular flexibility index (Phi) is 4.80. The predicted octanol–water partition coefficient (Wildman–Crippen LogP) is 2.43. The summed E-state index contributed by atoms with van der Waals surface area (Å²) in [7, 11) is 1.29. The van der Waals surface area contributed by atoms with Crippen LogP contribution in [0.25, 0.3) is 0 Å². The number of esters is 1. The third kappa shape index (κ3) is 3.74. The molecule has 0 saturated heterocycles. The van der Waals surface area contributed by atoms with Crippen molar-refractivity contribution in [1.82, 2.24) is 9.78 Å². The number of hydrogen-bond donors (Lipinski definition) is 0. The standard InChI is InChI=1S/C14H12ClN3O3/c1-20-14(19)12-5-7-18(17-12)9-21-13-3-2-10(4-6-16)8-11(13)15/h2-3,5,7-8H,4,9H2,1H3. The SMILES string of the molecule is COC(=O)c1ccn(COc2ccc(CC#N)cc2Cl)n1. The number of aromatic nitrogens is 2. The van der Waals surface area contributed by atoms with Crippen molar-refractivity contribution in [3.8, 4) is 11.8 Å². The fraction of sp³-hybridized carbons (Fsp3) is 0.214. The zero-order valence-corrected chi connectivity index (χ0v) is 12.0. The van der Waals surface area contributed by atoms with E-state index >= 15 is 0 Å². The molecule has 1 heterocycles.